The lowest BCUT2D eigenvalue weighted by atomic mass is 10.1. The highest BCUT2D eigenvalue weighted by atomic mass is 19.1. The van der Waals surface area contributed by atoms with E-state index >= 15 is 0 Å². The van der Waals surface area contributed by atoms with Crippen LogP contribution in [0.4, 0.5) is 20.2 Å². The third kappa shape index (κ3) is 3.77. The molecule has 7 heteroatoms. The van der Waals surface area contributed by atoms with Crippen LogP contribution in [0.3, 0.4) is 0 Å². The van der Waals surface area contributed by atoms with Crippen LogP contribution in [0.15, 0.2) is 59.2 Å². The largest absolute Gasteiger partial charge is 0.459 e. The molecule has 0 bridgehead atoms. The number of rotatable bonds is 4. The Hall–Kier alpha value is -3.48. The molecule has 26 heavy (non-hydrogen) atoms. The zero-order valence-electron chi connectivity index (χ0n) is 13.7. The fraction of sp³-hybridized carbons (Fsp3) is 0.0526. The molecule has 2 N–H and O–H groups in total. The number of carbonyl (C=O) groups excluding carboxylic acids is 2. The van der Waals surface area contributed by atoms with Crippen molar-refractivity contribution in [2.75, 3.05) is 10.6 Å². The summed E-state index contributed by atoms with van der Waals surface area (Å²) in [5, 5.41) is 5.02. The van der Waals surface area contributed by atoms with Crippen molar-refractivity contribution in [1.29, 1.82) is 0 Å². The molecule has 0 unspecified atom stereocenters. The van der Waals surface area contributed by atoms with Gasteiger partial charge in [0, 0.05) is 17.3 Å². The van der Waals surface area contributed by atoms with E-state index in [-0.39, 0.29) is 17.0 Å². The van der Waals surface area contributed by atoms with Gasteiger partial charge < -0.3 is 15.1 Å². The first-order valence-corrected chi connectivity index (χ1v) is 7.66. The zero-order chi connectivity index (χ0) is 18.7. The highest BCUT2D eigenvalue weighted by Crippen LogP contribution is 2.20. The molecular formula is C19H14F2N2O3. The van der Waals surface area contributed by atoms with Crippen molar-refractivity contribution in [1.82, 2.24) is 0 Å². The molecule has 0 radical (unpaired) electrons. The van der Waals surface area contributed by atoms with Crippen LogP contribution >= 0.6 is 0 Å². The Balaban J connectivity index is 1.80. The van der Waals surface area contributed by atoms with Crippen molar-refractivity contribution < 1.29 is 22.8 Å². The van der Waals surface area contributed by atoms with E-state index in [1.165, 1.54) is 24.5 Å². The third-order valence-corrected chi connectivity index (χ3v) is 3.67. The summed E-state index contributed by atoms with van der Waals surface area (Å²) in [6.07, 6.45) is 1.38. The summed E-state index contributed by atoms with van der Waals surface area (Å²) < 4.78 is 31.6. The molecule has 0 spiro atoms. The lowest BCUT2D eigenvalue weighted by Gasteiger charge is -2.11. The maximum Gasteiger partial charge on any atom is 0.291 e. The number of nitrogens with one attached hydrogen (secondary N) is 2. The molecule has 2 aromatic carbocycles. The number of furan rings is 1. The van der Waals surface area contributed by atoms with Gasteiger partial charge in [0.2, 0.25) is 0 Å². The van der Waals surface area contributed by atoms with Crippen molar-refractivity contribution in [3.63, 3.8) is 0 Å². The molecule has 0 atom stereocenters. The van der Waals surface area contributed by atoms with Gasteiger partial charge in [-0.2, -0.15) is 0 Å². The minimum Gasteiger partial charge on any atom is -0.459 e. The fourth-order valence-corrected chi connectivity index (χ4v) is 2.27. The summed E-state index contributed by atoms with van der Waals surface area (Å²) in [6.45, 7) is 1.76. The predicted octanol–water partition coefficient (Wildman–Crippen LogP) is 4.37. The van der Waals surface area contributed by atoms with Gasteiger partial charge in [-0.25, -0.2) is 8.78 Å². The quantitative estimate of drug-likeness (QED) is 0.729. The average Bonchev–Trinajstić information content (AvgIpc) is 3.14. The van der Waals surface area contributed by atoms with E-state index in [4.69, 9.17) is 4.42 Å². The van der Waals surface area contributed by atoms with Crippen LogP contribution in [-0.2, 0) is 0 Å². The van der Waals surface area contributed by atoms with Gasteiger partial charge in [0.25, 0.3) is 11.8 Å². The van der Waals surface area contributed by atoms with Crippen LogP contribution in [0.2, 0.25) is 0 Å². The van der Waals surface area contributed by atoms with E-state index in [1.54, 1.807) is 19.1 Å². The first kappa shape index (κ1) is 17.3. The lowest BCUT2D eigenvalue weighted by molar-refractivity contribution is 0.0993. The maximum absolute atomic E-state index is 13.7. The monoisotopic (exact) mass is 356 g/mol. The van der Waals surface area contributed by atoms with Gasteiger partial charge >= 0.3 is 0 Å². The third-order valence-electron chi connectivity index (χ3n) is 3.67. The van der Waals surface area contributed by atoms with Gasteiger partial charge in [-0.3, -0.25) is 9.59 Å². The number of hydrogen-bond donors (Lipinski definition) is 2. The number of hydrogen-bond acceptors (Lipinski definition) is 3. The number of halogens is 2. The summed E-state index contributed by atoms with van der Waals surface area (Å²) >= 11 is 0. The normalized spacial score (nSPS) is 10.4. The smallest absolute Gasteiger partial charge is 0.291 e. The molecule has 2 amide bonds. The fourth-order valence-electron chi connectivity index (χ4n) is 2.27. The molecule has 0 aliphatic heterocycles. The highest BCUT2D eigenvalue weighted by molar-refractivity contribution is 6.07. The molecule has 1 heterocycles. The molecule has 0 aliphatic rings. The van der Waals surface area contributed by atoms with Crippen molar-refractivity contribution in [2.24, 2.45) is 0 Å². The summed E-state index contributed by atoms with van der Waals surface area (Å²) in [6, 6.07) is 10.6. The molecule has 0 fully saturated rings. The molecule has 5 nitrogen and oxygen atoms in total. The predicted molar refractivity (Wildman–Crippen MR) is 92.2 cm³/mol. The van der Waals surface area contributed by atoms with Crippen LogP contribution in [0.25, 0.3) is 0 Å². The van der Waals surface area contributed by atoms with Crippen LogP contribution in [0.5, 0.6) is 0 Å². The summed E-state index contributed by atoms with van der Waals surface area (Å²) in [4.78, 5) is 24.4. The number of anilines is 2. The first-order chi connectivity index (χ1) is 12.4. The van der Waals surface area contributed by atoms with Gasteiger partial charge in [-0.05, 0) is 48.9 Å². The zero-order valence-corrected chi connectivity index (χ0v) is 13.7. The van der Waals surface area contributed by atoms with Crippen LogP contribution in [-0.4, -0.2) is 11.8 Å². The second-order valence-corrected chi connectivity index (χ2v) is 5.54. The van der Waals surface area contributed by atoms with Gasteiger partial charge in [-0.1, -0.05) is 6.07 Å². The molecular weight excluding hydrogens is 342 g/mol. The van der Waals surface area contributed by atoms with Crippen LogP contribution in [0.1, 0.15) is 26.5 Å². The molecule has 1 aromatic heterocycles. The molecule has 3 aromatic rings. The Morgan fingerprint density at radius 3 is 2.38 bits per heavy atom. The molecule has 0 aliphatic carbocycles. The Morgan fingerprint density at radius 2 is 1.69 bits per heavy atom. The summed E-state index contributed by atoms with van der Waals surface area (Å²) in [7, 11) is 0. The maximum atomic E-state index is 13.7. The molecule has 0 saturated heterocycles. The van der Waals surface area contributed by atoms with Crippen LogP contribution in [0, 0.1) is 18.6 Å². The van der Waals surface area contributed by atoms with E-state index in [2.05, 4.69) is 10.6 Å². The Morgan fingerprint density at radius 1 is 0.923 bits per heavy atom. The molecule has 0 saturated carbocycles. The number of benzene rings is 2. The Bertz CT molecular complexity index is 969. The van der Waals surface area contributed by atoms with Gasteiger partial charge in [0.15, 0.2) is 5.76 Å². The van der Waals surface area contributed by atoms with Gasteiger partial charge in [0.1, 0.15) is 11.6 Å². The van der Waals surface area contributed by atoms with E-state index in [1.807, 2.05) is 0 Å². The number of amides is 2. The van der Waals surface area contributed by atoms with E-state index in [0.29, 0.717) is 11.8 Å². The van der Waals surface area contributed by atoms with E-state index < -0.39 is 23.4 Å². The Labute approximate surface area is 147 Å². The second kappa shape index (κ2) is 7.18. The first-order valence-electron chi connectivity index (χ1n) is 7.66. The SMILES string of the molecule is Cc1ccc(C(=O)Nc2ccc(F)cc2F)cc1NC(=O)c1ccco1. The number of carbonyl (C=O) groups is 2. The highest BCUT2D eigenvalue weighted by Gasteiger charge is 2.14. The van der Waals surface area contributed by atoms with E-state index in [9.17, 15) is 18.4 Å². The molecule has 132 valence electrons. The minimum absolute atomic E-state index is 0.132. The van der Waals surface area contributed by atoms with Gasteiger partial charge in [0.05, 0.1) is 12.0 Å². The van der Waals surface area contributed by atoms with Crippen molar-refractivity contribution >= 4 is 23.2 Å². The van der Waals surface area contributed by atoms with Gasteiger partial charge in [-0.15, -0.1) is 0 Å². The summed E-state index contributed by atoms with van der Waals surface area (Å²) in [5.74, 6) is -2.53. The Kier molecular flexibility index (Phi) is 4.79. The number of aryl methyl sites for hydroxylation is 1. The van der Waals surface area contributed by atoms with Crippen molar-refractivity contribution in [3.05, 3.63) is 83.3 Å². The average molecular weight is 356 g/mol. The second-order valence-electron chi connectivity index (χ2n) is 5.54. The van der Waals surface area contributed by atoms with Crippen LogP contribution < -0.4 is 10.6 Å². The van der Waals surface area contributed by atoms with Crippen molar-refractivity contribution in [2.45, 2.75) is 6.92 Å². The van der Waals surface area contributed by atoms with E-state index in [0.717, 1.165) is 17.7 Å². The lowest BCUT2D eigenvalue weighted by Crippen LogP contribution is -2.15. The standard InChI is InChI=1S/C19H14F2N2O3/c1-11-4-5-12(9-16(11)23-19(25)17-3-2-8-26-17)18(24)22-15-7-6-13(20)10-14(15)21/h2-10H,1H3,(H,22,24)(H,23,25). The summed E-state index contributed by atoms with van der Waals surface area (Å²) in [5.41, 5.74) is 1.21. The van der Waals surface area contributed by atoms with Crippen molar-refractivity contribution in [3.8, 4) is 0 Å². The topological polar surface area (TPSA) is 71.3 Å². The molecule has 3 rings (SSSR count). The minimum atomic E-state index is -0.878.